The number of carbonyl (C=O) groups is 1. The molecule has 2 saturated heterocycles. The third kappa shape index (κ3) is 3.15. The summed E-state index contributed by atoms with van der Waals surface area (Å²) in [6, 6.07) is 19.8. The first-order valence-corrected chi connectivity index (χ1v) is 8.66. The molecule has 2 heterocycles. The predicted molar refractivity (Wildman–Crippen MR) is 98.2 cm³/mol. The zero-order valence-corrected chi connectivity index (χ0v) is 14.0. The number of hydrazone groups is 1. The maximum Gasteiger partial charge on any atom is 0.321 e. The second-order valence-electron chi connectivity index (χ2n) is 6.66. The van der Waals surface area contributed by atoms with E-state index in [1.54, 1.807) is 0 Å². The summed E-state index contributed by atoms with van der Waals surface area (Å²) in [6.45, 7) is 1.47. The van der Waals surface area contributed by atoms with Crippen molar-refractivity contribution in [1.82, 2.24) is 4.90 Å². The van der Waals surface area contributed by atoms with Gasteiger partial charge in [-0.3, -0.25) is 9.69 Å². The van der Waals surface area contributed by atoms with Gasteiger partial charge in [-0.1, -0.05) is 36.4 Å². The first-order chi connectivity index (χ1) is 12.2. The maximum absolute atomic E-state index is 11.5. The average Bonchev–Trinajstić information content (AvgIpc) is 2.92. The quantitative estimate of drug-likeness (QED) is 0.871. The highest BCUT2D eigenvalue weighted by Crippen LogP contribution is 2.33. The van der Waals surface area contributed by atoms with Crippen molar-refractivity contribution in [3.8, 4) is 0 Å². The van der Waals surface area contributed by atoms with E-state index in [9.17, 15) is 9.90 Å². The Hall–Kier alpha value is -2.66. The molecule has 5 nitrogen and oxygen atoms in total. The topological polar surface area (TPSA) is 56.1 Å². The molecule has 3 atom stereocenters. The van der Waals surface area contributed by atoms with Crippen LogP contribution in [-0.4, -0.2) is 40.8 Å². The number of piperidine rings is 1. The van der Waals surface area contributed by atoms with Crippen LogP contribution in [0.2, 0.25) is 0 Å². The molecule has 2 bridgehead atoms. The van der Waals surface area contributed by atoms with E-state index in [2.05, 4.69) is 0 Å². The summed E-state index contributed by atoms with van der Waals surface area (Å²) in [4.78, 5) is 13.5. The van der Waals surface area contributed by atoms with Crippen molar-refractivity contribution < 1.29 is 9.90 Å². The molecule has 128 valence electrons. The lowest BCUT2D eigenvalue weighted by Crippen LogP contribution is -2.47. The lowest BCUT2D eigenvalue weighted by atomic mass is 9.91. The van der Waals surface area contributed by atoms with E-state index in [4.69, 9.17) is 5.10 Å². The Kier molecular flexibility index (Phi) is 4.24. The number of fused-ring (bicyclic) bond motifs is 2. The number of para-hydroxylation sites is 2. The van der Waals surface area contributed by atoms with E-state index < -0.39 is 5.97 Å². The van der Waals surface area contributed by atoms with Gasteiger partial charge in [-0.25, -0.2) is 5.01 Å². The monoisotopic (exact) mass is 335 g/mol. The van der Waals surface area contributed by atoms with Crippen molar-refractivity contribution in [2.24, 2.45) is 11.0 Å². The first-order valence-electron chi connectivity index (χ1n) is 8.66. The van der Waals surface area contributed by atoms with Crippen molar-refractivity contribution in [3.05, 3.63) is 60.7 Å². The zero-order valence-electron chi connectivity index (χ0n) is 14.0. The molecule has 25 heavy (non-hydrogen) atoms. The molecule has 0 spiro atoms. The second kappa shape index (κ2) is 6.69. The Morgan fingerprint density at radius 1 is 1.04 bits per heavy atom. The lowest BCUT2D eigenvalue weighted by molar-refractivity contribution is -0.143. The molecule has 3 unspecified atom stereocenters. The summed E-state index contributed by atoms with van der Waals surface area (Å²) >= 11 is 0. The molecule has 2 aromatic rings. The van der Waals surface area contributed by atoms with Crippen molar-refractivity contribution in [2.45, 2.75) is 18.9 Å². The fourth-order valence-electron chi connectivity index (χ4n) is 3.89. The Bertz CT molecular complexity index is 721. The van der Waals surface area contributed by atoms with E-state index in [-0.39, 0.29) is 12.0 Å². The molecule has 2 aromatic carbocycles. The van der Waals surface area contributed by atoms with Crippen LogP contribution < -0.4 is 5.01 Å². The Balaban J connectivity index is 1.66. The van der Waals surface area contributed by atoms with Crippen LogP contribution in [0.15, 0.2) is 65.8 Å². The summed E-state index contributed by atoms with van der Waals surface area (Å²) in [6.07, 6.45) is 1.69. The molecule has 1 N–H and O–H groups in total. The fourth-order valence-corrected chi connectivity index (χ4v) is 3.89. The van der Waals surface area contributed by atoms with Crippen LogP contribution in [0.1, 0.15) is 12.8 Å². The third-order valence-corrected chi connectivity index (χ3v) is 5.01. The van der Waals surface area contributed by atoms with Gasteiger partial charge >= 0.3 is 5.97 Å². The minimum atomic E-state index is -0.704. The Morgan fingerprint density at radius 2 is 1.64 bits per heavy atom. The standard InChI is InChI=1S/C20H21N3O2/c24-20(25)19-15-11-12-22(19)14-16(13-15)21-23(17-7-3-1-4-8-17)18-9-5-2-6-10-18/h1-10,15,19H,11-14H2,(H,24,25). The number of benzene rings is 2. The lowest BCUT2D eigenvalue weighted by Gasteiger charge is -2.31. The number of hydrogen-bond donors (Lipinski definition) is 1. The van der Waals surface area contributed by atoms with Gasteiger partial charge in [0.2, 0.25) is 0 Å². The Labute approximate surface area is 147 Å². The van der Waals surface area contributed by atoms with E-state index >= 15 is 0 Å². The molecule has 0 aliphatic carbocycles. The van der Waals surface area contributed by atoms with Gasteiger partial charge in [-0.15, -0.1) is 0 Å². The number of carboxylic acid groups (broad SMARTS) is 1. The van der Waals surface area contributed by atoms with E-state index in [0.717, 1.165) is 36.5 Å². The van der Waals surface area contributed by atoms with Crippen LogP contribution in [0, 0.1) is 5.92 Å². The average molecular weight is 335 g/mol. The predicted octanol–water partition coefficient (Wildman–Crippen LogP) is 3.36. The van der Waals surface area contributed by atoms with Crippen LogP contribution in [0.25, 0.3) is 0 Å². The number of nitrogens with zero attached hydrogens (tertiary/aromatic N) is 3. The Morgan fingerprint density at radius 3 is 2.16 bits per heavy atom. The van der Waals surface area contributed by atoms with Crippen molar-refractivity contribution in [1.29, 1.82) is 0 Å². The number of carboxylic acids is 1. The zero-order chi connectivity index (χ0) is 17.2. The summed E-state index contributed by atoms with van der Waals surface area (Å²) < 4.78 is 0. The van der Waals surface area contributed by atoms with E-state index in [0.29, 0.717) is 6.54 Å². The molecule has 0 saturated carbocycles. The molecular formula is C20H21N3O2. The molecule has 2 aliphatic rings. The summed E-state index contributed by atoms with van der Waals surface area (Å²) in [5.41, 5.74) is 3.06. The summed E-state index contributed by atoms with van der Waals surface area (Å²) in [7, 11) is 0. The highest BCUT2D eigenvalue weighted by atomic mass is 16.4. The minimum absolute atomic E-state index is 0.165. The molecule has 2 aliphatic heterocycles. The van der Waals surface area contributed by atoms with E-state index in [1.807, 2.05) is 70.6 Å². The van der Waals surface area contributed by atoms with E-state index in [1.165, 1.54) is 0 Å². The third-order valence-electron chi connectivity index (χ3n) is 5.01. The van der Waals surface area contributed by atoms with Gasteiger partial charge < -0.3 is 5.11 Å². The molecule has 0 radical (unpaired) electrons. The number of anilines is 2. The van der Waals surface area contributed by atoms with Crippen LogP contribution in [0.5, 0.6) is 0 Å². The molecule has 0 aromatic heterocycles. The van der Waals surface area contributed by atoms with Gasteiger partial charge in [0, 0.05) is 6.54 Å². The van der Waals surface area contributed by atoms with Gasteiger partial charge in [-0.2, -0.15) is 5.10 Å². The molecule has 0 amide bonds. The van der Waals surface area contributed by atoms with Gasteiger partial charge in [0.1, 0.15) is 6.04 Å². The van der Waals surface area contributed by atoms with Crippen LogP contribution in [-0.2, 0) is 4.79 Å². The van der Waals surface area contributed by atoms with Crippen molar-refractivity contribution in [3.63, 3.8) is 0 Å². The second-order valence-corrected chi connectivity index (χ2v) is 6.66. The molecule has 4 rings (SSSR count). The SMILES string of the molecule is O=C(O)C1C2CCN1CC(=NN(c1ccccc1)c1ccccc1)C2. The summed E-state index contributed by atoms with van der Waals surface area (Å²) in [5, 5.41) is 16.3. The fraction of sp³-hybridized carbons (Fsp3) is 0.300. The summed E-state index contributed by atoms with van der Waals surface area (Å²) in [5.74, 6) is -0.539. The van der Waals surface area contributed by atoms with Crippen LogP contribution >= 0.6 is 0 Å². The number of aliphatic carboxylic acids is 1. The molecular weight excluding hydrogens is 314 g/mol. The largest absolute Gasteiger partial charge is 0.480 e. The van der Waals surface area contributed by atoms with Gasteiger partial charge in [-0.05, 0) is 49.6 Å². The number of rotatable bonds is 4. The minimum Gasteiger partial charge on any atom is -0.480 e. The van der Waals surface area contributed by atoms with Crippen LogP contribution in [0.3, 0.4) is 0 Å². The van der Waals surface area contributed by atoms with Crippen molar-refractivity contribution in [2.75, 3.05) is 18.1 Å². The first kappa shape index (κ1) is 15.8. The maximum atomic E-state index is 11.5. The smallest absolute Gasteiger partial charge is 0.321 e. The van der Waals surface area contributed by atoms with Gasteiger partial charge in [0.05, 0.1) is 17.1 Å². The normalized spacial score (nSPS) is 26.6. The molecule has 2 fully saturated rings. The highest BCUT2D eigenvalue weighted by molar-refractivity contribution is 5.91. The van der Waals surface area contributed by atoms with Gasteiger partial charge in [0.25, 0.3) is 0 Å². The van der Waals surface area contributed by atoms with Gasteiger partial charge in [0.15, 0.2) is 0 Å². The molecule has 5 heteroatoms. The van der Waals surface area contributed by atoms with Crippen LogP contribution in [0.4, 0.5) is 11.4 Å². The van der Waals surface area contributed by atoms with Crippen molar-refractivity contribution >= 4 is 23.1 Å². The highest BCUT2D eigenvalue weighted by Gasteiger charge is 2.44. The number of hydrogen-bond acceptors (Lipinski definition) is 4.